The van der Waals surface area contributed by atoms with Crippen LogP contribution in [0.5, 0.6) is 0 Å². The van der Waals surface area contributed by atoms with Gasteiger partial charge in [-0.2, -0.15) is 20.1 Å². The monoisotopic (exact) mass is 276 g/mol. The number of nitrogen functional groups attached to an aromatic ring is 1. The molecule has 0 spiro atoms. The third kappa shape index (κ3) is 3.21. The molecular formula is C12H20N8. The van der Waals surface area contributed by atoms with E-state index in [1.807, 2.05) is 14.1 Å². The second-order valence-corrected chi connectivity index (χ2v) is 5.33. The Morgan fingerprint density at radius 2 is 2.05 bits per heavy atom. The molecule has 0 fully saturated rings. The molecule has 108 valence electrons. The molecule has 0 amide bonds. The number of aromatic nitrogens is 5. The van der Waals surface area contributed by atoms with Crippen molar-refractivity contribution in [2.45, 2.75) is 19.4 Å². The zero-order valence-corrected chi connectivity index (χ0v) is 12.2. The van der Waals surface area contributed by atoms with Crippen molar-refractivity contribution in [2.75, 3.05) is 31.7 Å². The van der Waals surface area contributed by atoms with E-state index in [9.17, 15) is 0 Å². The van der Waals surface area contributed by atoms with Crippen molar-refractivity contribution in [3.8, 4) is 5.95 Å². The lowest BCUT2D eigenvalue weighted by Gasteiger charge is -2.32. The molecule has 3 N–H and O–H groups in total. The Morgan fingerprint density at radius 1 is 1.30 bits per heavy atom. The van der Waals surface area contributed by atoms with Crippen LogP contribution >= 0.6 is 0 Å². The van der Waals surface area contributed by atoms with E-state index in [1.54, 1.807) is 23.1 Å². The predicted molar refractivity (Wildman–Crippen MR) is 77.6 cm³/mol. The van der Waals surface area contributed by atoms with Gasteiger partial charge in [0.05, 0.1) is 0 Å². The smallest absolute Gasteiger partial charge is 0.257 e. The summed E-state index contributed by atoms with van der Waals surface area (Å²) in [6.07, 6.45) is 3.41. The molecule has 0 saturated heterocycles. The van der Waals surface area contributed by atoms with E-state index in [1.165, 1.54) is 0 Å². The van der Waals surface area contributed by atoms with E-state index >= 15 is 0 Å². The average molecular weight is 276 g/mol. The number of hydrogen-bond donors (Lipinski definition) is 2. The van der Waals surface area contributed by atoms with Crippen LogP contribution in [-0.2, 0) is 0 Å². The third-order valence-electron chi connectivity index (χ3n) is 3.24. The minimum Gasteiger partial charge on any atom is -0.368 e. The SMILES string of the molecule is CN(C)C(C)(C)CNc1nc(N)nc(-n2cccn2)n1. The second kappa shape index (κ2) is 5.41. The van der Waals surface area contributed by atoms with Crippen molar-refractivity contribution < 1.29 is 0 Å². The van der Waals surface area contributed by atoms with Gasteiger partial charge in [0.2, 0.25) is 11.9 Å². The predicted octanol–water partition coefficient (Wildman–Crippen LogP) is 0.392. The van der Waals surface area contributed by atoms with E-state index in [2.05, 4.69) is 44.1 Å². The molecule has 0 aromatic carbocycles. The summed E-state index contributed by atoms with van der Waals surface area (Å²) < 4.78 is 1.54. The van der Waals surface area contributed by atoms with Gasteiger partial charge in [0, 0.05) is 24.5 Å². The number of nitrogens with one attached hydrogen (secondary N) is 1. The summed E-state index contributed by atoms with van der Waals surface area (Å²) in [6, 6.07) is 1.79. The van der Waals surface area contributed by atoms with Crippen LogP contribution in [0.3, 0.4) is 0 Å². The molecule has 0 saturated carbocycles. The number of anilines is 2. The summed E-state index contributed by atoms with van der Waals surface area (Å²) in [5, 5.41) is 7.26. The Kier molecular flexibility index (Phi) is 3.84. The Bertz CT molecular complexity index is 561. The summed E-state index contributed by atoms with van der Waals surface area (Å²) >= 11 is 0. The van der Waals surface area contributed by atoms with Gasteiger partial charge in [0.1, 0.15) is 0 Å². The molecule has 0 unspecified atom stereocenters. The van der Waals surface area contributed by atoms with Crippen molar-refractivity contribution in [1.29, 1.82) is 0 Å². The zero-order valence-electron chi connectivity index (χ0n) is 12.2. The summed E-state index contributed by atoms with van der Waals surface area (Å²) in [7, 11) is 4.05. The van der Waals surface area contributed by atoms with Gasteiger partial charge in [0.15, 0.2) is 0 Å². The van der Waals surface area contributed by atoms with Crippen LogP contribution in [0.4, 0.5) is 11.9 Å². The first kappa shape index (κ1) is 14.2. The summed E-state index contributed by atoms with van der Waals surface area (Å²) in [5.74, 6) is 1.00. The molecule has 2 aromatic rings. The third-order valence-corrected chi connectivity index (χ3v) is 3.24. The Labute approximate surface area is 118 Å². The largest absolute Gasteiger partial charge is 0.368 e. The minimum absolute atomic E-state index is 0.0345. The molecule has 0 aliphatic rings. The van der Waals surface area contributed by atoms with Gasteiger partial charge < -0.3 is 16.0 Å². The Balaban J connectivity index is 2.17. The fourth-order valence-corrected chi connectivity index (χ4v) is 1.40. The molecule has 2 rings (SSSR count). The lowest BCUT2D eigenvalue weighted by Crippen LogP contribution is -2.44. The zero-order chi connectivity index (χ0) is 14.8. The minimum atomic E-state index is -0.0345. The molecule has 8 heteroatoms. The van der Waals surface area contributed by atoms with Gasteiger partial charge in [-0.05, 0) is 34.0 Å². The van der Waals surface area contributed by atoms with Crippen LogP contribution in [0.15, 0.2) is 18.5 Å². The lowest BCUT2D eigenvalue weighted by atomic mass is 10.1. The summed E-state index contributed by atoms with van der Waals surface area (Å²) in [5.41, 5.74) is 5.68. The number of likely N-dealkylation sites (N-methyl/N-ethyl adjacent to an activating group) is 1. The van der Waals surface area contributed by atoms with Gasteiger partial charge in [0.25, 0.3) is 5.95 Å². The Morgan fingerprint density at radius 3 is 2.65 bits per heavy atom. The van der Waals surface area contributed by atoms with Crippen LogP contribution in [0.2, 0.25) is 0 Å². The van der Waals surface area contributed by atoms with Crippen molar-refractivity contribution >= 4 is 11.9 Å². The first-order chi connectivity index (χ1) is 9.38. The van der Waals surface area contributed by atoms with Crippen LogP contribution in [0.1, 0.15) is 13.8 Å². The standard InChI is InChI=1S/C12H20N8/c1-12(2,19(3)4)8-14-10-16-9(13)17-11(18-10)20-7-5-6-15-20/h5-7H,8H2,1-4H3,(H3,13,14,16,17,18). The fraction of sp³-hybridized carbons (Fsp3) is 0.500. The van der Waals surface area contributed by atoms with E-state index in [4.69, 9.17) is 5.73 Å². The normalized spacial score (nSPS) is 11.8. The molecule has 20 heavy (non-hydrogen) atoms. The van der Waals surface area contributed by atoms with Crippen molar-refractivity contribution in [1.82, 2.24) is 29.6 Å². The Hall–Kier alpha value is -2.22. The molecule has 0 aliphatic carbocycles. The van der Waals surface area contributed by atoms with E-state index in [0.29, 0.717) is 18.4 Å². The number of nitrogens with two attached hydrogens (primary N) is 1. The topological polar surface area (TPSA) is 97.8 Å². The van der Waals surface area contributed by atoms with Crippen LogP contribution in [0, 0.1) is 0 Å². The van der Waals surface area contributed by atoms with Gasteiger partial charge in [-0.25, -0.2) is 4.68 Å². The molecule has 2 aromatic heterocycles. The summed E-state index contributed by atoms with van der Waals surface area (Å²) in [6.45, 7) is 4.93. The maximum absolute atomic E-state index is 5.71. The molecule has 0 aliphatic heterocycles. The molecule has 0 atom stereocenters. The molecule has 0 radical (unpaired) electrons. The van der Waals surface area contributed by atoms with Crippen molar-refractivity contribution in [2.24, 2.45) is 0 Å². The van der Waals surface area contributed by atoms with E-state index in [-0.39, 0.29) is 11.5 Å². The first-order valence-corrected chi connectivity index (χ1v) is 6.31. The summed E-state index contributed by atoms with van der Waals surface area (Å²) in [4.78, 5) is 14.6. The maximum atomic E-state index is 5.71. The highest BCUT2D eigenvalue weighted by molar-refractivity contribution is 5.35. The van der Waals surface area contributed by atoms with Crippen molar-refractivity contribution in [3.05, 3.63) is 18.5 Å². The number of hydrogen-bond acceptors (Lipinski definition) is 7. The molecule has 2 heterocycles. The average Bonchev–Trinajstić information content (AvgIpc) is 2.89. The fourth-order valence-electron chi connectivity index (χ4n) is 1.40. The lowest BCUT2D eigenvalue weighted by molar-refractivity contribution is 0.209. The molecule has 0 bridgehead atoms. The number of nitrogens with zero attached hydrogens (tertiary/aromatic N) is 6. The second-order valence-electron chi connectivity index (χ2n) is 5.33. The molecule has 8 nitrogen and oxygen atoms in total. The van der Waals surface area contributed by atoms with E-state index < -0.39 is 0 Å². The van der Waals surface area contributed by atoms with Gasteiger partial charge in [-0.15, -0.1) is 0 Å². The maximum Gasteiger partial charge on any atom is 0.257 e. The van der Waals surface area contributed by atoms with Crippen LogP contribution in [0.25, 0.3) is 5.95 Å². The van der Waals surface area contributed by atoms with Gasteiger partial charge >= 0.3 is 0 Å². The van der Waals surface area contributed by atoms with Crippen LogP contribution < -0.4 is 11.1 Å². The van der Waals surface area contributed by atoms with Gasteiger partial charge in [-0.3, -0.25) is 0 Å². The first-order valence-electron chi connectivity index (χ1n) is 6.31. The molecular weight excluding hydrogens is 256 g/mol. The highest BCUT2D eigenvalue weighted by atomic mass is 15.4. The van der Waals surface area contributed by atoms with Crippen molar-refractivity contribution in [3.63, 3.8) is 0 Å². The van der Waals surface area contributed by atoms with Gasteiger partial charge in [-0.1, -0.05) is 0 Å². The quantitative estimate of drug-likeness (QED) is 0.815. The highest BCUT2D eigenvalue weighted by Gasteiger charge is 2.20. The number of rotatable bonds is 5. The van der Waals surface area contributed by atoms with E-state index in [0.717, 1.165) is 0 Å². The van der Waals surface area contributed by atoms with Crippen LogP contribution in [-0.4, -0.2) is 55.8 Å². The highest BCUT2D eigenvalue weighted by Crippen LogP contribution is 2.12.